The van der Waals surface area contributed by atoms with E-state index in [1.165, 1.54) is 6.92 Å². The lowest BCUT2D eigenvalue weighted by molar-refractivity contribution is -0.384. The monoisotopic (exact) mass is 315 g/mol. The van der Waals surface area contributed by atoms with E-state index in [0.29, 0.717) is 0 Å². The van der Waals surface area contributed by atoms with Crippen LogP contribution in [0, 0.1) is 22.9 Å². The molecule has 0 spiro atoms. The van der Waals surface area contributed by atoms with Gasteiger partial charge in [-0.2, -0.15) is 8.78 Å². The van der Waals surface area contributed by atoms with Gasteiger partial charge in [0.05, 0.1) is 4.92 Å². The van der Waals surface area contributed by atoms with Crippen LogP contribution in [0.15, 0.2) is 36.4 Å². The minimum Gasteiger partial charge on any atom is -0.258 e. The van der Waals surface area contributed by atoms with E-state index in [1.54, 1.807) is 0 Å². The van der Waals surface area contributed by atoms with E-state index in [2.05, 4.69) is 0 Å². The Hall–Kier alpha value is -2.08. The number of nitro groups is 1. The number of aryl methyl sites for hydroxylation is 1. The van der Waals surface area contributed by atoms with Crippen molar-refractivity contribution in [1.82, 2.24) is 0 Å². The third kappa shape index (κ3) is 2.85. The topological polar surface area (TPSA) is 43.1 Å². The molecule has 0 heterocycles. The van der Waals surface area contributed by atoms with Crippen LogP contribution < -0.4 is 0 Å². The number of halogens is 4. The molecule has 0 N–H and O–H groups in total. The lowest BCUT2D eigenvalue weighted by atomic mass is 9.98. The van der Waals surface area contributed by atoms with Crippen LogP contribution in [-0.2, 0) is 5.92 Å². The first-order chi connectivity index (χ1) is 9.73. The van der Waals surface area contributed by atoms with Crippen LogP contribution in [0.3, 0.4) is 0 Å². The second kappa shape index (κ2) is 5.37. The van der Waals surface area contributed by atoms with Gasteiger partial charge in [0.1, 0.15) is 10.8 Å². The Bertz CT molecular complexity index is 719. The van der Waals surface area contributed by atoms with Gasteiger partial charge in [-0.3, -0.25) is 10.1 Å². The van der Waals surface area contributed by atoms with Gasteiger partial charge in [-0.1, -0.05) is 17.7 Å². The van der Waals surface area contributed by atoms with Gasteiger partial charge >= 0.3 is 0 Å². The van der Waals surface area contributed by atoms with E-state index in [4.69, 9.17) is 11.6 Å². The maximum absolute atomic E-state index is 14.4. The van der Waals surface area contributed by atoms with Crippen molar-refractivity contribution < 1.29 is 18.1 Å². The van der Waals surface area contributed by atoms with Gasteiger partial charge in [0.25, 0.3) is 11.6 Å². The number of hydrogen-bond donors (Lipinski definition) is 0. The molecule has 3 nitrogen and oxygen atoms in total. The maximum Gasteiger partial charge on any atom is 0.298 e. The van der Waals surface area contributed by atoms with E-state index in [9.17, 15) is 23.3 Å². The molecule has 0 fully saturated rings. The van der Waals surface area contributed by atoms with Crippen molar-refractivity contribution in [3.63, 3.8) is 0 Å². The summed E-state index contributed by atoms with van der Waals surface area (Å²) >= 11 is 5.60. The minimum absolute atomic E-state index is 0.0654. The third-order valence-corrected chi connectivity index (χ3v) is 3.35. The molecule has 0 aliphatic carbocycles. The van der Waals surface area contributed by atoms with Crippen molar-refractivity contribution in [2.75, 3.05) is 0 Å². The Labute approximate surface area is 123 Å². The fourth-order valence-electron chi connectivity index (χ4n) is 1.85. The Morgan fingerprint density at radius 1 is 1.14 bits per heavy atom. The van der Waals surface area contributed by atoms with E-state index < -0.39 is 33.5 Å². The smallest absolute Gasteiger partial charge is 0.258 e. The van der Waals surface area contributed by atoms with Gasteiger partial charge in [-0.25, -0.2) is 4.39 Å². The molecule has 0 bridgehead atoms. The van der Waals surface area contributed by atoms with Gasteiger partial charge in [0, 0.05) is 17.2 Å². The van der Waals surface area contributed by atoms with Crippen molar-refractivity contribution in [2.45, 2.75) is 12.8 Å². The summed E-state index contributed by atoms with van der Waals surface area (Å²) in [6, 6.07) is 5.66. The Morgan fingerprint density at radius 2 is 1.71 bits per heavy atom. The van der Waals surface area contributed by atoms with Crippen molar-refractivity contribution in [1.29, 1.82) is 0 Å². The molecule has 0 saturated carbocycles. The average molecular weight is 316 g/mol. The molecule has 0 amide bonds. The van der Waals surface area contributed by atoms with E-state index >= 15 is 0 Å². The molecule has 0 aromatic heterocycles. The Balaban J connectivity index is 2.55. The van der Waals surface area contributed by atoms with E-state index in [-0.39, 0.29) is 10.6 Å². The molecule has 0 unspecified atom stereocenters. The maximum atomic E-state index is 14.4. The van der Waals surface area contributed by atoms with Crippen LogP contribution in [0.1, 0.15) is 16.7 Å². The summed E-state index contributed by atoms with van der Waals surface area (Å²) < 4.78 is 41.9. The summed E-state index contributed by atoms with van der Waals surface area (Å²) in [5, 5.41) is 10.5. The second-order valence-corrected chi connectivity index (χ2v) is 4.87. The number of alkyl halides is 2. The number of nitrogens with zero attached hydrogens (tertiary/aromatic N) is 1. The molecule has 110 valence electrons. The molecule has 0 saturated heterocycles. The third-order valence-electron chi connectivity index (χ3n) is 3.03. The molecule has 0 radical (unpaired) electrons. The van der Waals surface area contributed by atoms with Crippen LogP contribution in [0.2, 0.25) is 5.02 Å². The molecule has 2 aromatic carbocycles. The molecule has 7 heteroatoms. The van der Waals surface area contributed by atoms with Crippen LogP contribution in [0.5, 0.6) is 0 Å². The van der Waals surface area contributed by atoms with Gasteiger partial charge in [0.2, 0.25) is 0 Å². The molecule has 21 heavy (non-hydrogen) atoms. The Kier molecular flexibility index (Phi) is 3.91. The van der Waals surface area contributed by atoms with Crippen molar-refractivity contribution >= 4 is 17.3 Å². The number of benzene rings is 2. The highest BCUT2D eigenvalue weighted by atomic mass is 35.5. The van der Waals surface area contributed by atoms with Crippen LogP contribution >= 0.6 is 11.6 Å². The minimum atomic E-state index is -3.49. The summed E-state index contributed by atoms with van der Waals surface area (Å²) in [6.07, 6.45) is 0. The number of hydrogen-bond acceptors (Lipinski definition) is 2. The summed E-state index contributed by atoms with van der Waals surface area (Å²) in [6.45, 7) is 1.36. The summed E-state index contributed by atoms with van der Waals surface area (Å²) in [5.74, 6) is -4.09. The van der Waals surface area contributed by atoms with Gasteiger partial charge < -0.3 is 0 Å². The molecule has 0 atom stereocenters. The molecule has 0 aliphatic heterocycles. The highest BCUT2D eigenvalue weighted by molar-refractivity contribution is 6.32. The quantitative estimate of drug-likeness (QED) is 0.601. The predicted octanol–water partition coefficient (Wildman–Crippen LogP) is 4.84. The highest BCUT2D eigenvalue weighted by Gasteiger charge is 2.36. The van der Waals surface area contributed by atoms with E-state index in [0.717, 1.165) is 36.4 Å². The van der Waals surface area contributed by atoms with E-state index in [1.807, 2.05) is 0 Å². The second-order valence-electron chi connectivity index (χ2n) is 4.46. The zero-order valence-electron chi connectivity index (χ0n) is 10.7. The molecule has 2 aromatic rings. The molecular weight excluding hydrogens is 307 g/mol. The zero-order valence-corrected chi connectivity index (χ0v) is 11.5. The van der Waals surface area contributed by atoms with Gasteiger partial charge in [-0.05, 0) is 36.8 Å². The average Bonchev–Trinajstić information content (AvgIpc) is 2.41. The molecular formula is C14H9ClF3NO2. The lowest BCUT2D eigenvalue weighted by Crippen LogP contribution is -2.16. The first-order valence-corrected chi connectivity index (χ1v) is 6.20. The number of rotatable bonds is 3. The largest absolute Gasteiger partial charge is 0.298 e. The van der Waals surface area contributed by atoms with Crippen LogP contribution in [0.25, 0.3) is 0 Å². The zero-order chi connectivity index (χ0) is 15.8. The summed E-state index contributed by atoms with van der Waals surface area (Å²) in [4.78, 5) is 9.93. The highest BCUT2D eigenvalue weighted by Crippen LogP contribution is 2.39. The standard InChI is InChI=1S/C14H9ClF3NO2/c1-8-6-9(3-5-12(8)16)14(17,18)10-2-4-11(15)13(7-10)19(20)21/h2-7H,1H3. The normalized spacial score (nSPS) is 11.5. The van der Waals surface area contributed by atoms with Crippen molar-refractivity contribution in [3.8, 4) is 0 Å². The molecule has 2 rings (SSSR count). The first kappa shape index (κ1) is 15.3. The number of nitro benzene ring substituents is 1. The van der Waals surface area contributed by atoms with Crippen molar-refractivity contribution in [3.05, 3.63) is 74.0 Å². The lowest BCUT2D eigenvalue weighted by Gasteiger charge is -2.18. The van der Waals surface area contributed by atoms with Crippen LogP contribution in [-0.4, -0.2) is 4.92 Å². The van der Waals surface area contributed by atoms with Crippen molar-refractivity contribution in [2.24, 2.45) is 0 Å². The fourth-order valence-corrected chi connectivity index (χ4v) is 2.04. The molecule has 0 aliphatic rings. The first-order valence-electron chi connectivity index (χ1n) is 5.82. The van der Waals surface area contributed by atoms with Crippen LogP contribution in [0.4, 0.5) is 18.9 Å². The SMILES string of the molecule is Cc1cc(C(F)(F)c2ccc(Cl)c([N+](=O)[O-])c2)ccc1F. The Morgan fingerprint density at radius 3 is 2.29 bits per heavy atom. The fraction of sp³-hybridized carbons (Fsp3) is 0.143. The predicted molar refractivity (Wildman–Crippen MR) is 72.2 cm³/mol. The van der Waals surface area contributed by atoms with Gasteiger partial charge in [-0.15, -0.1) is 0 Å². The van der Waals surface area contributed by atoms with Gasteiger partial charge in [0.15, 0.2) is 0 Å². The summed E-state index contributed by atoms with van der Waals surface area (Å²) in [5.41, 5.74) is -1.56. The summed E-state index contributed by atoms with van der Waals surface area (Å²) in [7, 11) is 0.